The van der Waals surface area contributed by atoms with Crippen molar-refractivity contribution in [2.24, 2.45) is 0 Å². The zero-order valence-electron chi connectivity index (χ0n) is 16.5. The van der Waals surface area contributed by atoms with E-state index in [0.29, 0.717) is 24.4 Å². The van der Waals surface area contributed by atoms with E-state index in [-0.39, 0.29) is 17.6 Å². The Morgan fingerprint density at radius 3 is 2.69 bits per heavy atom. The molecule has 1 unspecified atom stereocenters. The van der Waals surface area contributed by atoms with E-state index in [9.17, 15) is 14.9 Å². The van der Waals surface area contributed by atoms with E-state index in [1.54, 1.807) is 41.3 Å². The van der Waals surface area contributed by atoms with E-state index in [0.717, 1.165) is 25.7 Å². The number of furan rings is 1. The molecule has 0 radical (unpaired) electrons. The van der Waals surface area contributed by atoms with Crippen molar-refractivity contribution in [1.29, 1.82) is 0 Å². The molecule has 154 valence electrons. The summed E-state index contributed by atoms with van der Waals surface area (Å²) in [6, 6.07) is 9.27. The van der Waals surface area contributed by atoms with Crippen LogP contribution in [0.4, 0.5) is 11.4 Å². The quantitative estimate of drug-likeness (QED) is 0.374. The summed E-state index contributed by atoms with van der Waals surface area (Å²) >= 11 is 0. The Morgan fingerprint density at radius 1 is 1.28 bits per heavy atom. The highest BCUT2D eigenvalue weighted by atomic mass is 16.6. The average molecular weight is 397 g/mol. The summed E-state index contributed by atoms with van der Waals surface area (Å²) in [6.07, 6.45) is 9.11. The molecule has 1 aromatic carbocycles. The van der Waals surface area contributed by atoms with Crippen LogP contribution in [-0.2, 0) is 4.79 Å². The first-order chi connectivity index (χ1) is 14.1. The second-order valence-electron chi connectivity index (χ2n) is 7.28. The molecule has 0 saturated heterocycles. The lowest BCUT2D eigenvalue weighted by Crippen LogP contribution is -2.45. The fourth-order valence-corrected chi connectivity index (χ4v) is 3.88. The zero-order chi connectivity index (χ0) is 20.6. The van der Waals surface area contributed by atoms with Crippen molar-refractivity contribution < 1.29 is 14.1 Å². The molecule has 0 bridgehead atoms. The highest BCUT2D eigenvalue weighted by Gasteiger charge is 2.34. The van der Waals surface area contributed by atoms with E-state index in [2.05, 4.69) is 11.9 Å². The number of rotatable bonds is 9. The van der Waals surface area contributed by atoms with E-state index < -0.39 is 11.0 Å². The lowest BCUT2D eigenvalue weighted by atomic mass is 9.95. The van der Waals surface area contributed by atoms with Crippen molar-refractivity contribution >= 4 is 17.3 Å². The normalized spacial score (nSPS) is 15.4. The minimum Gasteiger partial charge on any atom is -0.467 e. The van der Waals surface area contributed by atoms with Gasteiger partial charge in [-0.2, -0.15) is 0 Å². The van der Waals surface area contributed by atoms with Crippen molar-refractivity contribution in [1.82, 2.24) is 5.32 Å². The SMILES string of the molecule is C=CCCN(c1ccccc1[N+](=O)[O-])C(C(=O)NC1CCCCC1)c1ccco1. The number of anilines is 1. The number of benzene rings is 1. The number of nitro groups is 1. The summed E-state index contributed by atoms with van der Waals surface area (Å²) in [5.74, 6) is 0.259. The van der Waals surface area contributed by atoms with Gasteiger partial charge >= 0.3 is 0 Å². The maximum Gasteiger partial charge on any atom is 0.292 e. The third-order valence-corrected chi connectivity index (χ3v) is 5.29. The van der Waals surface area contributed by atoms with Gasteiger partial charge in [-0.05, 0) is 37.5 Å². The van der Waals surface area contributed by atoms with E-state index in [1.165, 1.54) is 18.8 Å². The molecule has 3 rings (SSSR count). The monoisotopic (exact) mass is 397 g/mol. The van der Waals surface area contributed by atoms with Crippen LogP contribution >= 0.6 is 0 Å². The third kappa shape index (κ3) is 5.04. The van der Waals surface area contributed by atoms with Crippen LogP contribution in [0.25, 0.3) is 0 Å². The van der Waals surface area contributed by atoms with Gasteiger partial charge in [0.2, 0.25) is 0 Å². The maximum atomic E-state index is 13.4. The van der Waals surface area contributed by atoms with Crippen LogP contribution in [0.5, 0.6) is 0 Å². The first-order valence-electron chi connectivity index (χ1n) is 10.1. The summed E-state index contributed by atoms with van der Waals surface area (Å²) in [7, 11) is 0. The van der Waals surface area contributed by atoms with Crippen molar-refractivity contribution in [2.75, 3.05) is 11.4 Å². The van der Waals surface area contributed by atoms with Gasteiger partial charge in [0.25, 0.3) is 11.6 Å². The Hall–Kier alpha value is -3.09. The van der Waals surface area contributed by atoms with Crippen LogP contribution in [0.3, 0.4) is 0 Å². The standard InChI is InChI=1S/C22H27N3O4/c1-2-3-15-24(18-12-7-8-13-19(18)25(27)28)21(20-14-9-16-29-20)22(26)23-17-10-5-4-6-11-17/h2,7-9,12-14,16-17,21H,1,3-6,10-11,15H2,(H,23,26). The number of carbonyl (C=O) groups excluding carboxylic acids is 1. The van der Waals surface area contributed by atoms with Gasteiger partial charge in [-0.15, -0.1) is 6.58 Å². The zero-order valence-corrected chi connectivity index (χ0v) is 16.5. The third-order valence-electron chi connectivity index (χ3n) is 5.29. The predicted molar refractivity (Wildman–Crippen MR) is 112 cm³/mol. The number of carbonyl (C=O) groups is 1. The summed E-state index contributed by atoms with van der Waals surface area (Å²) in [5, 5.41) is 14.8. The van der Waals surface area contributed by atoms with Crippen molar-refractivity contribution in [3.63, 3.8) is 0 Å². The molecular weight excluding hydrogens is 370 g/mol. The molecule has 0 aliphatic heterocycles. The maximum absolute atomic E-state index is 13.4. The Labute approximate surface area is 170 Å². The molecule has 1 heterocycles. The molecule has 1 saturated carbocycles. The second-order valence-corrected chi connectivity index (χ2v) is 7.28. The minimum atomic E-state index is -0.798. The van der Waals surface area contributed by atoms with Crippen LogP contribution in [0.1, 0.15) is 50.3 Å². The highest BCUT2D eigenvalue weighted by molar-refractivity contribution is 5.87. The van der Waals surface area contributed by atoms with E-state index in [1.807, 2.05) is 0 Å². The van der Waals surface area contributed by atoms with Gasteiger partial charge in [0.15, 0.2) is 6.04 Å². The van der Waals surface area contributed by atoms with Crippen LogP contribution < -0.4 is 10.2 Å². The number of nitro benzene ring substituents is 1. The molecule has 1 fully saturated rings. The van der Waals surface area contributed by atoms with Crippen LogP contribution in [-0.4, -0.2) is 23.4 Å². The molecule has 0 spiro atoms. The number of para-hydroxylation sites is 2. The van der Waals surface area contributed by atoms with Gasteiger partial charge in [0, 0.05) is 18.7 Å². The summed E-state index contributed by atoms with van der Waals surface area (Å²) in [5.41, 5.74) is 0.345. The molecule has 29 heavy (non-hydrogen) atoms. The molecule has 7 nitrogen and oxygen atoms in total. The molecule has 7 heteroatoms. The Bertz CT molecular complexity index is 828. The number of hydrogen-bond donors (Lipinski definition) is 1. The molecule has 1 amide bonds. The molecule has 1 aromatic heterocycles. The molecule has 1 atom stereocenters. The first kappa shape index (κ1) is 20.6. The van der Waals surface area contributed by atoms with Gasteiger partial charge in [0.05, 0.1) is 11.2 Å². The Morgan fingerprint density at radius 2 is 2.03 bits per heavy atom. The number of nitrogens with one attached hydrogen (secondary N) is 1. The molecule has 1 aliphatic carbocycles. The fraction of sp³-hybridized carbons (Fsp3) is 0.409. The lowest BCUT2D eigenvalue weighted by molar-refractivity contribution is -0.384. The number of hydrogen-bond acceptors (Lipinski definition) is 5. The van der Waals surface area contributed by atoms with Crippen LogP contribution in [0.15, 0.2) is 59.7 Å². The largest absolute Gasteiger partial charge is 0.467 e. The smallest absolute Gasteiger partial charge is 0.292 e. The Balaban J connectivity index is 1.98. The first-order valence-corrected chi connectivity index (χ1v) is 10.1. The van der Waals surface area contributed by atoms with Gasteiger partial charge < -0.3 is 14.6 Å². The molecular formula is C22H27N3O4. The summed E-state index contributed by atoms with van der Waals surface area (Å²) in [6.45, 7) is 4.16. The van der Waals surface area contributed by atoms with Gasteiger partial charge in [-0.3, -0.25) is 14.9 Å². The van der Waals surface area contributed by atoms with E-state index >= 15 is 0 Å². The van der Waals surface area contributed by atoms with Gasteiger partial charge in [-0.1, -0.05) is 37.5 Å². The molecule has 1 N–H and O–H groups in total. The van der Waals surface area contributed by atoms with Gasteiger partial charge in [0.1, 0.15) is 11.4 Å². The summed E-state index contributed by atoms with van der Waals surface area (Å²) in [4.78, 5) is 26.3. The minimum absolute atomic E-state index is 0.0430. The molecule has 1 aliphatic rings. The average Bonchev–Trinajstić information content (AvgIpc) is 3.26. The molecule has 2 aromatic rings. The Kier molecular flexibility index (Phi) is 7.05. The van der Waals surface area contributed by atoms with Crippen molar-refractivity contribution in [3.05, 3.63) is 71.2 Å². The van der Waals surface area contributed by atoms with Gasteiger partial charge in [-0.25, -0.2) is 0 Å². The van der Waals surface area contributed by atoms with Crippen LogP contribution in [0.2, 0.25) is 0 Å². The van der Waals surface area contributed by atoms with E-state index in [4.69, 9.17) is 4.42 Å². The highest BCUT2D eigenvalue weighted by Crippen LogP contribution is 2.35. The fourth-order valence-electron chi connectivity index (χ4n) is 3.88. The van der Waals surface area contributed by atoms with Crippen molar-refractivity contribution in [2.45, 2.75) is 50.6 Å². The number of nitrogens with zero attached hydrogens (tertiary/aromatic N) is 2. The predicted octanol–water partition coefficient (Wildman–Crippen LogP) is 4.76. The van der Waals surface area contributed by atoms with Crippen molar-refractivity contribution in [3.8, 4) is 0 Å². The second kappa shape index (κ2) is 9.91. The van der Waals surface area contributed by atoms with Crippen LogP contribution in [0, 0.1) is 10.1 Å². The topological polar surface area (TPSA) is 88.6 Å². The number of amides is 1. The lowest BCUT2D eigenvalue weighted by Gasteiger charge is -2.33. The summed E-state index contributed by atoms with van der Waals surface area (Å²) < 4.78 is 5.59.